The van der Waals surface area contributed by atoms with Crippen molar-refractivity contribution in [1.82, 2.24) is 10.1 Å². The van der Waals surface area contributed by atoms with Crippen LogP contribution in [0.3, 0.4) is 0 Å². The molecule has 19 heavy (non-hydrogen) atoms. The van der Waals surface area contributed by atoms with E-state index in [0.29, 0.717) is 17.3 Å². The van der Waals surface area contributed by atoms with Crippen molar-refractivity contribution in [2.24, 2.45) is 0 Å². The Bertz CT molecular complexity index is 525. The molecule has 0 fully saturated rings. The van der Waals surface area contributed by atoms with Crippen LogP contribution in [-0.2, 0) is 12.2 Å². The zero-order valence-electron chi connectivity index (χ0n) is 10.8. The fraction of sp³-hybridized carbons (Fsp3) is 0.357. The molecule has 0 unspecified atom stereocenters. The fourth-order valence-electron chi connectivity index (χ4n) is 1.59. The van der Waals surface area contributed by atoms with Gasteiger partial charge in [-0.15, -0.1) is 0 Å². The molecule has 0 bridgehead atoms. The minimum atomic E-state index is -0.00277. The molecule has 0 aliphatic rings. The van der Waals surface area contributed by atoms with Gasteiger partial charge in [0, 0.05) is 5.56 Å². The number of aromatic nitrogens is 2. The molecule has 0 aliphatic carbocycles. The molecule has 0 spiro atoms. The summed E-state index contributed by atoms with van der Waals surface area (Å²) >= 11 is 1.77. The van der Waals surface area contributed by atoms with E-state index in [1.54, 1.807) is 23.9 Å². The van der Waals surface area contributed by atoms with Crippen LogP contribution >= 0.6 is 11.8 Å². The zero-order valence-corrected chi connectivity index (χ0v) is 11.7. The van der Waals surface area contributed by atoms with Crippen molar-refractivity contribution in [2.75, 3.05) is 5.75 Å². The maximum atomic E-state index is 12.0. The number of ketones is 1. The van der Waals surface area contributed by atoms with E-state index in [2.05, 4.69) is 17.1 Å². The molecule has 0 aliphatic heterocycles. The summed E-state index contributed by atoms with van der Waals surface area (Å²) in [6.45, 7) is 2.13. The fourth-order valence-corrected chi connectivity index (χ4v) is 2.32. The molecule has 2 rings (SSSR count). The summed E-state index contributed by atoms with van der Waals surface area (Å²) < 4.78 is 5.09. The van der Waals surface area contributed by atoms with Gasteiger partial charge in [-0.2, -0.15) is 16.7 Å². The van der Waals surface area contributed by atoms with Gasteiger partial charge in [-0.1, -0.05) is 42.4 Å². The molecule has 5 heteroatoms. The lowest BCUT2D eigenvalue weighted by Gasteiger charge is -1.96. The summed E-state index contributed by atoms with van der Waals surface area (Å²) in [6, 6.07) is 9.14. The summed E-state index contributed by atoms with van der Waals surface area (Å²) in [5.74, 6) is 2.86. The quantitative estimate of drug-likeness (QED) is 0.574. The average molecular weight is 276 g/mol. The van der Waals surface area contributed by atoms with Gasteiger partial charge in [0.25, 0.3) is 0 Å². The number of hydrogen-bond acceptors (Lipinski definition) is 5. The van der Waals surface area contributed by atoms with Crippen LogP contribution in [0.15, 0.2) is 34.9 Å². The number of nitrogens with zero attached hydrogens (tertiary/aromatic N) is 2. The SMILES string of the molecule is CCCSCc1noc(CC(=O)c2ccccc2)n1. The highest BCUT2D eigenvalue weighted by Crippen LogP contribution is 2.11. The van der Waals surface area contributed by atoms with E-state index < -0.39 is 0 Å². The van der Waals surface area contributed by atoms with Crippen LogP contribution in [0.5, 0.6) is 0 Å². The standard InChI is InChI=1S/C14H16N2O2S/c1-2-8-19-10-13-15-14(18-16-13)9-12(17)11-6-4-3-5-7-11/h3-7H,2,8-10H2,1H3. The number of rotatable bonds is 7. The molecular weight excluding hydrogens is 260 g/mol. The van der Waals surface area contributed by atoms with Crippen molar-refractivity contribution >= 4 is 17.5 Å². The lowest BCUT2D eigenvalue weighted by atomic mass is 10.1. The van der Waals surface area contributed by atoms with E-state index in [1.165, 1.54) is 0 Å². The van der Waals surface area contributed by atoms with Crippen LogP contribution < -0.4 is 0 Å². The van der Waals surface area contributed by atoms with E-state index in [-0.39, 0.29) is 12.2 Å². The van der Waals surface area contributed by atoms with Crippen molar-refractivity contribution < 1.29 is 9.32 Å². The summed E-state index contributed by atoms with van der Waals surface area (Å²) in [7, 11) is 0. The second-order valence-corrected chi connectivity index (χ2v) is 5.23. The van der Waals surface area contributed by atoms with Crippen molar-refractivity contribution in [3.8, 4) is 0 Å². The first-order valence-electron chi connectivity index (χ1n) is 6.27. The third-order valence-corrected chi connectivity index (χ3v) is 3.66. The number of Topliss-reactive ketones (excluding diaryl/α,β-unsaturated/α-hetero) is 1. The Hall–Kier alpha value is -1.62. The van der Waals surface area contributed by atoms with Gasteiger partial charge in [0.2, 0.25) is 5.89 Å². The predicted molar refractivity (Wildman–Crippen MR) is 75.2 cm³/mol. The maximum absolute atomic E-state index is 12.0. The minimum Gasteiger partial charge on any atom is -0.339 e. The smallest absolute Gasteiger partial charge is 0.234 e. The molecule has 100 valence electrons. The Labute approximate surface area is 116 Å². The normalized spacial score (nSPS) is 10.6. The first-order valence-corrected chi connectivity index (χ1v) is 7.42. The van der Waals surface area contributed by atoms with E-state index in [1.807, 2.05) is 18.2 Å². The monoisotopic (exact) mass is 276 g/mol. The number of carbonyl (C=O) groups excluding carboxylic acids is 1. The molecule has 0 saturated carbocycles. The number of benzene rings is 1. The van der Waals surface area contributed by atoms with Gasteiger partial charge in [-0.05, 0) is 12.2 Å². The Kier molecular flexibility index (Phi) is 5.15. The summed E-state index contributed by atoms with van der Waals surface area (Å²) in [5, 5.41) is 3.88. The van der Waals surface area contributed by atoms with Crippen LogP contribution in [0.4, 0.5) is 0 Å². The Balaban J connectivity index is 1.91. The number of carbonyl (C=O) groups is 1. The predicted octanol–water partition coefficient (Wildman–Crippen LogP) is 3.14. The Morgan fingerprint density at radius 1 is 1.32 bits per heavy atom. The van der Waals surface area contributed by atoms with Gasteiger partial charge in [0.15, 0.2) is 11.6 Å². The summed E-state index contributed by atoms with van der Waals surface area (Å²) in [6.07, 6.45) is 1.29. The molecule has 1 aromatic heterocycles. The third kappa shape index (κ3) is 4.21. The van der Waals surface area contributed by atoms with E-state index in [0.717, 1.165) is 17.9 Å². The lowest BCUT2D eigenvalue weighted by Crippen LogP contribution is -2.03. The highest BCUT2D eigenvalue weighted by Gasteiger charge is 2.12. The molecular formula is C14H16N2O2S. The van der Waals surface area contributed by atoms with Crippen LogP contribution in [0.25, 0.3) is 0 Å². The van der Waals surface area contributed by atoms with Gasteiger partial charge in [-0.25, -0.2) is 0 Å². The number of hydrogen-bond donors (Lipinski definition) is 0. The molecule has 2 aromatic rings. The first kappa shape index (κ1) is 13.8. The van der Waals surface area contributed by atoms with E-state index in [9.17, 15) is 4.79 Å². The van der Waals surface area contributed by atoms with Crippen molar-refractivity contribution in [2.45, 2.75) is 25.5 Å². The molecule has 0 amide bonds. The van der Waals surface area contributed by atoms with Gasteiger partial charge < -0.3 is 4.52 Å². The second-order valence-electron chi connectivity index (χ2n) is 4.12. The van der Waals surface area contributed by atoms with Gasteiger partial charge in [-0.3, -0.25) is 4.79 Å². The third-order valence-electron chi connectivity index (χ3n) is 2.50. The van der Waals surface area contributed by atoms with Gasteiger partial charge >= 0.3 is 0 Å². The molecule has 0 radical (unpaired) electrons. The lowest BCUT2D eigenvalue weighted by molar-refractivity contribution is 0.0983. The minimum absolute atomic E-state index is 0.00277. The molecule has 0 saturated heterocycles. The van der Waals surface area contributed by atoms with E-state index >= 15 is 0 Å². The average Bonchev–Trinajstić information content (AvgIpc) is 2.88. The van der Waals surface area contributed by atoms with Crippen molar-refractivity contribution in [3.05, 3.63) is 47.6 Å². The highest BCUT2D eigenvalue weighted by molar-refractivity contribution is 7.98. The van der Waals surface area contributed by atoms with Gasteiger partial charge in [0.05, 0.1) is 12.2 Å². The molecule has 1 heterocycles. The van der Waals surface area contributed by atoms with Crippen LogP contribution in [0.1, 0.15) is 35.4 Å². The largest absolute Gasteiger partial charge is 0.339 e. The zero-order chi connectivity index (χ0) is 13.5. The van der Waals surface area contributed by atoms with Crippen molar-refractivity contribution in [1.29, 1.82) is 0 Å². The number of thioether (sulfide) groups is 1. The Morgan fingerprint density at radius 2 is 2.11 bits per heavy atom. The first-order chi connectivity index (χ1) is 9.29. The highest BCUT2D eigenvalue weighted by atomic mass is 32.2. The topological polar surface area (TPSA) is 56.0 Å². The van der Waals surface area contributed by atoms with Crippen LogP contribution in [0.2, 0.25) is 0 Å². The summed E-state index contributed by atoms with van der Waals surface area (Å²) in [5.41, 5.74) is 0.669. The van der Waals surface area contributed by atoms with E-state index in [4.69, 9.17) is 4.52 Å². The van der Waals surface area contributed by atoms with Crippen molar-refractivity contribution in [3.63, 3.8) is 0 Å². The molecule has 4 nitrogen and oxygen atoms in total. The second kappa shape index (κ2) is 7.09. The summed E-state index contributed by atoms with van der Waals surface area (Å²) in [4.78, 5) is 16.2. The molecule has 0 N–H and O–H groups in total. The Morgan fingerprint density at radius 3 is 2.84 bits per heavy atom. The molecule has 0 atom stereocenters. The van der Waals surface area contributed by atoms with Crippen LogP contribution in [-0.4, -0.2) is 21.7 Å². The van der Waals surface area contributed by atoms with Gasteiger partial charge in [0.1, 0.15) is 0 Å². The molecule has 1 aromatic carbocycles. The van der Waals surface area contributed by atoms with Crippen LogP contribution in [0, 0.1) is 0 Å². The maximum Gasteiger partial charge on any atom is 0.234 e.